The van der Waals surface area contributed by atoms with Crippen molar-refractivity contribution in [3.05, 3.63) is 0 Å². The Bertz CT molecular complexity index is 395. The standard InChI is InChI=1S/C8H3Cl15/c1-2(9,10)3(11,12)4(13,14)5(15,16)6(17,18)7(19,20)8(21,22)23/h1H3. The van der Waals surface area contributed by atoms with Crippen molar-refractivity contribution in [3.63, 3.8) is 0 Å². The zero-order valence-electron chi connectivity index (χ0n) is 10.2. The van der Waals surface area contributed by atoms with E-state index in [1.54, 1.807) is 0 Å². The fraction of sp³-hybridized carbons (Fsp3) is 1.00. The van der Waals surface area contributed by atoms with Crippen LogP contribution in [0.4, 0.5) is 0 Å². The zero-order chi connectivity index (χ0) is 19.5. The van der Waals surface area contributed by atoms with Crippen molar-refractivity contribution < 1.29 is 0 Å². The first-order valence-corrected chi connectivity index (χ1v) is 10.5. The topological polar surface area (TPSA) is 0 Å². The van der Waals surface area contributed by atoms with E-state index in [0.717, 1.165) is 6.92 Å². The van der Waals surface area contributed by atoms with E-state index >= 15 is 0 Å². The normalized spacial score (nSPS) is 16.7. The van der Waals surface area contributed by atoms with Crippen LogP contribution in [0.2, 0.25) is 0 Å². The maximum Gasteiger partial charge on any atom is 0.226 e. The summed E-state index contributed by atoms with van der Waals surface area (Å²) in [6.07, 6.45) is 0. The van der Waals surface area contributed by atoms with Crippen molar-refractivity contribution in [2.45, 2.75) is 36.7 Å². The molecule has 0 aromatic heterocycles. The lowest BCUT2D eigenvalue weighted by atomic mass is 10.1. The molecule has 15 heteroatoms. The van der Waals surface area contributed by atoms with Crippen LogP contribution in [0, 0.1) is 0 Å². The highest BCUT2D eigenvalue weighted by atomic mass is 35.6. The second kappa shape index (κ2) is 7.88. The summed E-state index contributed by atoms with van der Waals surface area (Å²) in [7, 11) is 0. The van der Waals surface area contributed by atoms with E-state index in [9.17, 15) is 0 Å². The largest absolute Gasteiger partial charge is 0.226 e. The molecule has 0 bridgehead atoms. The second-order valence-electron chi connectivity index (χ2n) is 4.26. The molecule has 0 nitrogen and oxygen atoms in total. The molecule has 0 radical (unpaired) electrons. The molecule has 0 amide bonds. The predicted molar refractivity (Wildman–Crippen MR) is 113 cm³/mol. The molecule has 0 spiro atoms. The van der Waals surface area contributed by atoms with Crippen molar-refractivity contribution >= 4 is 174 Å². The molecule has 0 aliphatic rings. The molecule has 0 fully saturated rings. The molecule has 0 aliphatic heterocycles. The third-order valence-electron chi connectivity index (χ3n) is 2.48. The van der Waals surface area contributed by atoms with Gasteiger partial charge >= 0.3 is 0 Å². The number of halogens is 15. The van der Waals surface area contributed by atoms with E-state index < -0.39 is 29.8 Å². The van der Waals surface area contributed by atoms with Crippen molar-refractivity contribution in [1.82, 2.24) is 0 Å². The molecule has 0 rings (SSSR count). The summed E-state index contributed by atoms with van der Waals surface area (Å²) < 4.78 is -17.8. The summed E-state index contributed by atoms with van der Waals surface area (Å²) >= 11 is 89.1. The van der Waals surface area contributed by atoms with E-state index in [-0.39, 0.29) is 0 Å². The first-order chi connectivity index (χ1) is 9.50. The average molecular weight is 631 g/mol. The summed E-state index contributed by atoms with van der Waals surface area (Å²) in [5.41, 5.74) is 0. The molecule has 23 heavy (non-hydrogen) atoms. The molecule has 0 aliphatic carbocycles. The van der Waals surface area contributed by atoms with Gasteiger partial charge in [0.1, 0.15) is 0 Å². The highest BCUT2D eigenvalue weighted by Gasteiger charge is 2.78. The zero-order valence-corrected chi connectivity index (χ0v) is 21.5. The monoisotopic (exact) mass is 624 g/mol. The Labute approximate surface area is 208 Å². The van der Waals surface area contributed by atoms with E-state index in [2.05, 4.69) is 0 Å². The van der Waals surface area contributed by atoms with Crippen LogP contribution in [0.3, 0.4) is 0 Å². The van der Waals surface area contributed by atoms with Crippen LogP contribution < -0.4 is 0 Å². The fourth-order valence-electron chi connectivity index (χ4n) is 1.05. The van der Waals surface area contributed by atoms with Gasteiger partial charge in [0.05, 0.1) is 0 Å². The average Bonchev–Trinajstić information content (AvgIpc) is 2.24. The lowest BCUT2D eigenvalue weighted by Gasteiger charge is -2.52. The lowest BCUT2D eigenvalue weighted by molar-refractivity contribution is 0.479. The first kappa shape index (κ1) is 27.4. The molecule has 0 aromatic rings. The Hall–Kier alpha value is 4.35. The number of rotatable bonds is 5. The van der Waals surface area contributed by atoms with Crippen molar-refractivity contribution in [3.8, 4) is 0 Å². The van der Waals surface area contributed by atoms with Crippen LogP contribution in [0.1, 0.15) is 6.92 Å². The Balaban J connectivity index is 6.37. The third kappa shape index (κ3) is 4.59. The summed E-state index contributed by atoms with van der Waals surface area (Å²) in [6.45, 7) is 1.15. The number of hydrogen-bond acceptors (Lipinski definition) is 0. The molecule has 0 N–H and O–H groups in total. The predicted octanol–water partition coefficient (Wildman–Crippen LogP) is 9.42. The van der Waals surface area contributed by atoms with Gasteiger partial charge in [-0.15, -0.1) is 0 Å². The maximum absolute atomic E-state index is 6.11. The Morgan fingerprint density at radius 2 is 0.565 bits per heavy atom. The van der Waals surface area contributed by atoms with Crippen LogP contribution in [0.25, 0.3) is 0 Å². The van der Waals surface area contributed by atoms with E-state index in [1.807, 2.05) is 0 Å². The van der Waals surface area contributed by atoms with Gasteiger partial charge in [-0.1, -0.05) is 174 Å². The highest BCUT2D eigenvalue weighted by Crippen LogP contribution is 2.70. The molecule has 0 atom stereocenters. The quantitative estimate of drug-likeness (QED) is 0.266. The van der Waals surface area contributed by atoms with Gasteiger partial charge in [0.25, 0.3) is 0 Å². The Kier molecular flexibility index (Phi) is 9.37. The van der Waals surface area contributed by atoms with Gasteiger partial charge in [0.15, 0.2) is 21.7 Å². The molecule has 0 heterocycles. The van der Waals surface area contributed by atoms with Crippen molar-refractivity contribution in [2.75, 3.05) is 0 Å². The van der Waals surface area contributed by atoms with Crippen molar-refractivity contribution in [2.24, 2.45) is 0 Å². The van der Waals surface area contributed by atoms with Crippen LogP contribution in [-0.4, -0.2) is 29.8 Å². The van der Waals surface area contributed by atoms with Gasteiger partial charge < -0.3 is 0 Å². The maximum atomic E-state index is 6.11. The molecule has 0 aromatic carbocycles. The van der Waals surface area contributed by atoms with E-state index in [0.29, 0.717) is 0 Å². The van der Waals surface area contributed by atoms with Gasteiger partial charge in [-0.3, -0.25) is 0 Å². The van der Waals surface area contributed by atoms with Gasteiger partial charge in [-0.05, 0) is 6.92 Å². The number of hydrogen-bond donors (Lipinski definition) is 0. The van der Waals surface area contributed by atoms with Gasteiger partial charge in [0, 0.05) is 0 Å². The summed E-state index contributed by atoms with van der Waals surface area (Å²) in [4.78, 5) is 0. The minimum absolute atomic E-state index is 1.15. The molecule has 0 saturated heterocycles. The van der Waals surface area contributed by atoms with Gasteiger partial charge in [0.2, 0.25) is 8.13 Å². The molecular weight excluding hydrogens is 628 g/mol. The first-order valence-electron chi connectivity index (χ1n) is 4.83. The van der Waals surface area contributed by atoms with E-state index in [1.165, 1.54) is 0 Å². The third-order valence-corrected chi connectivity index (χ3v) is 12.3. The van der Waals surface area contributed by atoms with Crippen LogP contribution >= 0.6 is 174 Å². The molecule has 0 saturated carbocycles. The van der Waals surface area contributed by atoms with Gasteiger partial charge in [-0.25, -0.2) is 0 Å². The lowest BCUT2D eigenvalue weighted by Crippen LogP contribution is -2.67. The molecule has 140 valence electrons. The van der Waals surface area contributed by atoms with Crippen LogP contribution in [0.5, 0.6) is 0 Å². The van der Waals surface area contributed by atoms with Gasteiger partial charge in [-0.2, -0.15) is 0 Å². The summed E-state index contributed by atoms with van der Waals surface area (Å²) in [5, 5.41) is 0. The molecule has 0 unspecified atom stereocenters. The fourth-order valence-corrected chi connectivity index (χ4v) is 5.18. The summed E-state index contributed by atoms with van der Waals surface area (Å²) in [5.74, 6) is 0. The Morgan fingerprint density at radius 1 is 0.348 bits per heavy atom. The molecular formula is C8H3Cl15. The van der Waals surface area contributed by atoms with E-state index in [4.69, 9.17) is 174 Å². The highest BCUT2D eigenvalue weighted by molar-refractivity contribution is 6.82. The minimum Gasteiger partial charge on any atom is -0.0985 e. The van der Waals surface area contributed by atoms with Crippen molar-refractivity contribution in [1.29, 1.82) is 0 Å². The van der Waals surface area contributed by atoms with Crippen LogP contribution in [0.15, 0.2) is 0 Å². The minimum atomic E-state index is -2.77. The summed E-state index contributed by atoms with van der Waals surface area (Å²) in [6, 6.07) is 0. The SMILES string of the molecule is CC(Cl)(Cl)C(Cl)(Cl)C(Cl)(Cl)C(Cl)(Cl)C(Cl)(Cl)C(Cl)(Cl)C(Cl)(Cl)Cl. The Morgan fingerprint density at radius 3 is 0.783 bits per heavy atom. The second-order valence-corrected chi connectivity index (χ2v) is 14.9. The van der Waals surface area contributed by atoms with Crippen LogP contribution in [-0.2, 0) is 0 Å². The smallest absolute Gasteiger partial charge is 0.0985 e. The number of alkyl halides is 15.